The average Bonchev–Trinajstić information content (AvgIpc) is 2.74. The van der Waals surface area contributed by atoms with Gasteiger partial charge in [-0.1, -0.05) is 41.4 Å². The first-order valence-electron chi connectivity index (χ1n) is 8.84. The SMILES string of the molecule is COc1cc(/C=N/Nc2ccccc2C(=O)O)ccc1OCc1ccc(Cl)cc1Cl. The Bertz CT molecular complexity index is 1090. The van der Waals surface area contributed by atoms with E-state index in [0.29, 0.717) is 27.2 Å². The lowest BCUT2D eigenvalue weighted by atomic mass is 10.2. The van der Waals surface area contributed by atoms with Gasteiger partial charge in [0.1, 0.15) is 6.61 Å². The number of benzene rings is 3. The standard InChI is InChI=1S/C22H18Cl2N2O4/c1-29-21-10-14(12-25-26-19-5-3-2-4-17(19)22(27)28)6-9-20(21)30-13-15-7-8-16(23)11-18(15)24/h2-12,26H,13H2,1H3,(H,27,28)/b25-12+. The smallest absolute Gasteiger partial charge is 0.337 e. The highest BCUT2D eigenvalue weighted by molar-refractivity contribution is 6.35. The predicted octanol–water partition coefficient (Wildman–Crippen LogP) is 5.73. The van der Waals surface area contributed by atoms with Crippen LogP contribution in [0.1, 0.15) is 21.5 Å². The number of hydrazone groups is 1. The summed E-state index contributed by atoms with van der Waals surface area (Å²) in [6, 6.07) is 17.1. The lowest BCUT2D eigenvalue weighted by Gasteiger charge is -2.12. The highest BCUT2D eigenvalue weighted by Gasteiger charge is 2.09. The number of carboxylic acids is 1. The minimum Gasteiger partial charge on any atom is -0.493 e. The number of nitrogens with one attached hydrogen (secondary N) is 1. The van der Waals surface area contributed by atoms with E-state index in [-0.39, 0.29) is 12.2 Å². The fourth-order valence-corrected chi connectivity index (χ4v) is 3.08. The van der Waals surface area contributed by atoms with Gasteiger partial charge < -0.3 is 14.6 Å². The first-order valence-corrected chi connectivity index (χ1v) is 9.59. The molecule has 6 nitrogen and oxygen atoms in total. The van der Waals surface area contributed by atoms with Crippen molar-refractivity contribution in [3.8, 4) is 11.5 Å². The highest BCUT2D eigenvalue weighted by Crippen LogP contribution is 2.30. The zero-order valence-electron chi connectivity index (χ0n) is 15.9. The molecule has 3 aromatic carbocycles. The zero-order valence-corrected chi connectivity index (χ0v) is 17.4. The zero-order chi connectivity index (χ0) is 21.5. The lowest BCUT2D eigenvalue weighted by molar-refractivity contribution is 0.0698. The summed E-state index contributed by atoms with van der Waals surface area (Å²) < 4.78 is 11.2. The number of nitrogens with zero attached hydrogens (tertiary/aromatic N) is 1. The molecule has 0 bridgehead atoms. The van der Waals surface area contributed by atoms with Gasteiger partial charge in [-0.15, -0.1) is 0 Å². The van der Waals surface area contributed by atoms with E-state index in [2.05, 4.69) is 10.5 Å². The van der Waals surface area contributed by atoms with Crippen molar-refractivity contribution in [1.82, 2.24) is 0 Å². The van der Waals surface area contributed by atoms with E-state index in [0.717, 1.165) is 11.1 Å². The third kappa shape index (κ3) is 5.43. The number of carbonyl (C=O) groups is 1. The number of rotatable bonds is 8. The molecular weight excluding hydrogens is 427 g/mol. The summed E-state index contributed by atoms with van der Waals surface area (Å²) in [5.41, 5.74) is 4.82. The molecule has 0 amide bonds. The summed E-state index contributed by atoms with van der Waals surface area (Å²) in [6.07, 6.45) is 1.56. The minimum absolute atomic E-state index is 0.136. The highest BCUT2D eigenvalue weighted by atomic mass is 35.5. The second-order valence-corrected chi connectivity index (χ2v) is 7.00. The van der Waals surface area contributed by atoms with Crippen LogP contribution < -0.4 is 14.9 Å². The second-order valence-electron chi connectivity index (χ2n) is 6.16. The first kappa shape index (κ1) is 21.5. The van der Waals surface area contributed by atoms with Gasteiger partial charge in [0, 0.05) is 15.6 Å². The van der Waals surface area contributed by atoms with Crippen molar-refractivity contribution < 1.29 is 19.4 Å². The third-order valence-corrected chi connectivity index (χ3v) is 4.73. The first-order chi connectivity index (χ1) is 14.5. The van der Waals surface area contributed by atoms with Crippen molar-refractivity contribution in [3.05, 3.63) is 87.4 Å². The molecule has 0 unspecified atom stereocenters. The molecule has 3 rings (SSSR count). The van der Waals surface area contributed by atoms with Gasteiger partial charge >= 0.3 is 5.97 Å². The molecule has 0 fully saturated rings. The summed E-state index contributed by atoms with van der Waals surface area (Å²) >= 11 is 12.1. The fourth-order valence-electron chi connectivity index (χ4n) is 2.62. The number of carboxylic acid groups (broad SMARTS) is 1. The number of methoxy groups -OCH3 is 1. The van der Waals surface area contributed by atoms with Crippen molar-refractivity contribution in [2.45, 2.75) is 6.61 Å². The van der Waals surface area contributed by atoms with Crippen molar-refractivity contribution in [3.63, 3.8) is 0 Å². The van der Waals surface area contributed by atoms with Crippen molar-refractivity contribution >= 4 is 41.1 Å². The van der Waals surface area contributed by atoms with Crippen LogP contribution in [-0.4, -0.2) is 24.4 Å². The molecule has 0 saturated heterocycles. The second kappa shape index (κ2) is 10.0. The number of anilines is 1. The van der Waals surface area contributed by atoms with Crippen LogP contribution in [0.4, 0.5) is 5.69 Å². The summed E-state index contributed by atoms with van der Waals surface area (Å²) in [5.74, 6) is 0.0390. The Kier molecular flexibility index (Phi) is 7.17. The van der Waals surface area contributed by atoms with Gasteiger partial charge in [-0.05, 0) is 48.0 Å². The van der Waals surface area contributed by atoms with Gasteiger partial charge in [0.25, 0.3) is 0 Å². The summed E-state index contributed by atoms with van der Waals surface area (Å²) in [5, 5.41) is 14.4. The van der Waals surface area contributed by atoms with Crippen LogP contribution in [0.3, 0.4) is 0 Å². The lowest BCUT2D eigenvalue weighted by Crippen LogP contribution is -2.02. The normalized spacial score (nSPS) is 10.8. The molecule has 0 atom stereocenters. The molecule has 30 heavy (non-hydrogen) atoms. The van der Waals surface area contributed by atoms with E-state index < -0.39 is 5.97 Å². The van der Waals surface area contributed by atoms with Crippen LogP contribution in [0, 0.1) is 0 Å². The molecule has 0 aliphatic carbocycles. The largest absolute Gasteiger partial charge is 0.493 e. The Morgan fingerprint density at radius 2 is 1.90 bits per heavy atom. The maximum Gasteiger partial charge on any atom is 0.337 e. The summed E-state index contributed by atoms with van der Waals surface area (Å²) in [4.78, 5) is 11.2. The number of hydrogen-bond donors (Lipinski definition) is 2. The maximum absolute atomic E-state index is 11.2. The predicted molar refractivity (Wildman–Crippen MR) is 118 cm³/mol. The van der Waals surface area contributed by atoms with E-state index >= 15 is 0 Å². The van der Waals surface area contributed by atoms with E-state index in [4.69, 9.17) is 32.7 Å². The van der Waals surface area contributed by atoms with E-state index in [1.807, 2.05) is 0 Å². The molecule has 0 saturated carbocycles. The van der Waals surface area contributed by atoms with Crippen LogP contribution in [0.15, 0.2) is 65.8 Å². The number of ether oxygens (including phenoxy) is 2. The van der Waals surface area contributed by atoms with Crippen molar-refractivity contribution in [2.24, 2.45) is 5.10 Å². The van der Waals surface area contributed by atoms with Gasteiger partial charge in [-0.3, -0.25) is 5.43 Å². The van der Waals surface area contributed by atoms with Gasteiger partial charge in [-0.2, -0.15) is 5.10 Å². The Morgan fingerprint density at radius 1 is 1.10 bits per heavy atom. The quantitative estimate of drug-likeness (QED) is 0.342. The minimum atomic E-state index is -1.03. The van der Waals surface area contributed by atoms with Crippen LogP contribution in [-0.2, 0) is 6.61 Å². The summed E-state index contributed by atoms with van der Waals surface area (Å²) in [7, 11) is 1.54. The molecule has 0 aliphatic rings. The number of para-hydroxylation sites is 1. The summed E-state index contributed by atoms with van der Waals surface area (Å²) in [6.45, 7) is 0.257. The van der Waals surface area contributed by atoms with Crippen LogP contribution >= 0.6 is 23.2 Å². The Labute approximate surface area is 183 Å². The maximum atomic E-state index is 11.2. The molecule has 0 aliphatic heterocycles. The van der Waals surface area contributed by atoms with E-state index in [1.165, 1.54) is 6.07 Å². The Hall–Kier alpha value is -3.22. The Morgan fingerprint density at radius 3 is 2.63 bits per heavy atom. The van der Waals surface area contributed by atoms with Crippen molar-refractivity contribution in [2.75, 3.05) is 12.5 Å². The van der Waals surface area contributed by atoms with E-state index in [9.17, 15) is 9.90 Å². The molecule has 2 N–H and O–H groups in total. The molecule has 8 heteroatoms. The molecule has 154 valence electrons. The molecule has 0 radical (unpaired) electrons. The molecule has 0 aromatic heterocycles. The van der Waals surface area contributed by atoms with Gasteiger partial charge in [-0.25, -0.2) is 4.79 Å². The van der Waals surface area contributed by atoms with Gasteiger partial charge in [0.2, 0.25) is 0 Å². The monoisotopic (exact) mass is 444 g/mol. The van der Waals surface area contributed by atoms with Gasteiger partial charge in [0.15, 0.2) is 11.5 Å². The topological polar surface area (TPSA) is 80.2 Å². The number of hydrogen-bond acceptors (Lipinski definition) is 5. The molecule has 0 spiro atoms. The Balaban J connectivity index is 1.69. The number of halogens is 2. The van der Waals surface area contributed by atoms with Gasteiger partial charge in [0.05, 0.1) is 24.6 Å². The number of aromatic carboxylic acids is 1. The molecular formula is C22H18Cl2N2O4. The average molecular weight is 445 g/mol. The van der Waals surface area contributed by atoms with Crippen molar-refractivity contribution in [1.29, 1.82) is 0 Å². The third-order valence-electron chi connectivity index (χ3n) is 4.14. The van der Waals surface area contributed by atoms with Crippen LogP contribution in [0.2, 0.25) is 10.0 Å². The van der Waals surface area contributed by atoms with E-state index in [1.54, 1.807) is 67.9 Å². The molecule has 3 aromatic rings. The van der Waals surface area contributed by atoms with Crippen LogP contribution in [0.25, 0.3) is 0 Å². The molecule has 0 heterocycles. The fraction of sp³-hybridized carbons (Fsp3) is 0.0909. The van der Waals surface area contributed by atoms with Crippen LogP contribution in [0.5, 0.6) is 11.5 Å².